The van der Waals surface area contributed by atoms with Crippen LogP contribution in [-0.4, -0.2) is 22.8 Å². The molecule has 1 amide bonds. The van der Waals surface area contributed by atoms with Crippen molar-refractivity contribution in [1.82, 2.24) is 4.98 Å². The van der Waals surface area contributed by atoms with Gasteiger partial charge in [0.1, 0.15) is 4.88 Å². The van der Waals surface area contributed by atoms with Crippen molar-refractivity contribution in [2.24, 2.45) is 0 Å². The lowest BCUT2D eigenvalue weighted by atomic mass is 9.98. The molecule has 0 bridgehead atoms. The number of hydrogen-bond donors (Lipinski definition) is 1. The summed E-state index contributed by atoms with van der Waals surface area (Å²) >= 11 is 1.96. The molecule has 0 saturated carbocycles. The second-order valence-electron chi connectivity index (χ2n) is 6.54. The molecule has 0 atom stereocenters. The topological polar surface area (TPSA) is 42.0 Å². The van der Waals surface area contributed by atoms with E-state index < -0.39 is 11.9 Å². The number of carbonyl (C=O) groups excluding carboxylic acids is 1. The second-order valence-corrected chi connectivity index (χ2v) is 8.55. The van der Waals surface area contributed by atoms with Crippen molar-refractivity contribution in [2.45, 2.75) is 44.2 Å². The number of nitrogens with one attached hydrogen (secondary N) is 1. The van der Waals surface area contributed by atoms with Crippen molar-refractivity contribution in [1.29, 1.82) is 0 Å². The lowest BCUT2D eigenvalue weighted by molar-refractivity contribution is -0.105. The van der Waals surface area contributed by atoms with Crippen molar-refractivity contribution < 1.29 is 18.0 Å². The first-order valence-corrected chi connectivity index (χ1v) is 9.35. The Hall–Kier alpha value is -1.54. The Morgan fingerprint density at radius 2 is 1.88 bits per heavy atom. The molecule has 0 aliphatic rings. The summed E-state index contributed by atoms with van der Waals surface area (Å²) in [6.07, 6.45) is -4.27. The van der Waals surface area contributed by atoms with Gasteiger partial charge in [0.2, 0.25) is 0 Å². The maximum absolute atomic E-state index is 12.6. The first-order valence-electron chi connectivity index (χ1n) is 7.55. The van der Waals surface area contributed by atoms with E-state index in [1.165, 1.54) is 11.3 Å². The Morgan fingerprint density at radius 3 is 2.44 bits per heavy atom. The van der Waals surface area contributed by atoms with E-state index in [4.69, 9.17) is 0 Å². The average molecular weight is 388 g/mol. The highest BCUT2D eigenvalue weighted by atomic mass is 32.2. The monoisotopic (exact) mass is 388 g/mol. The summed E-state index contributed by atoms with van der Waals surface area (Å²) in [5.74, 6) is -1.36. The number of amides is 1. The summed E-state index contributed by atoms with van der Waals surface area (Å²) in [6.45, 7) is 7.78. The maximum Gasteiger partial charge on any atom is 0.398 e. The van der Waals surface area contributed by atoms with Crippen LogP contribution in [0.2, 0.25) is 0 Å². The number of hydrogen-bond acceptors (Lipinski definition) is 4. The van der Waals surface area contributed by atoms with Crippen LogP contribution in [0.1, 0.15) is 41.1 Å². The van der Waals surface area contributed by atoms with Crippen LogP contribution < -0.4 is 5.32 Å². The Kier molecular flexibility index (Phi) is 5.83. The zero-order valence-corrected chi connectivity index (χ0v) is 16.0. The third-order valence-corrected chi connectivity index (χ3v) is 5.89. The van der Waals surface area contributed by atoms with E-state index in [0.717, 1.165) is 5.01 Å². The number of rotatable bonds is 4. The van der Waals surface area contributed by atoms with E-state index in [1.807, 2.05) is 20.8 Å². The van der Waals surface area contributed by atoms with Crippen LogP contribution >= 0.6 is 23.1 Å². The molecule has 2 rings (SSSR count). The predicted molar refractivity (Wildman–Crippen MR) is 96.7 cm³/mol. The van der Waals surface area contributed by atoms with Gasteiger partial charge in [-0.3, -0.25) is 4.79 Å². The molecule has 136 valence electrons. The third kappa shape index (κ3) is 5.47. The van der Waals surface area contributed by atoms with Crippen LogP contribution in [0, 0.1) is 6.92 Å². The second kappa shape index (κ2) is 7.37. The van der Waals surface area contributed by atoms with Crippen LogP contribution in [0.3, 0.4) is 0 Å². The van der Waals surface area contributed by atoms with Gasteiger partial charge in [-0.1, -0.05) is 32.9 Å². The quantitative estimate of drug-likeness (QED) is 0.688. The lowest BCUT2D eigenvalue weighted by Crippen LogP contribution is -2.13. The predicted octanol–water partition coefficient (Wildman–Crippen LogP) is 5.66. The van der Waals surface area contributed by atoms with E-state index in [0.29, 0.717) is 32.9 Å². The van der Waals surface area contributed by atoms with E-state index >= 15 is 0 Å². The Balaban J connectivity index is 2.20. The molecule has 0 aliphatic heterocycles. The molecule has 0 aliphatic carbocycles. The van der Waals surface area contributed by atoms with Gasteiger partial charge in [-0.15, -0.1) is 23.1 Å². The highest BCUT2D eigenvalue weighted by Crippen LogP contribution is 2.33. The van der Waals surface area contributed by atoms with Crippen LogP contribution in [0.5, 0.6) is 0 Å². The number of thioether (sulfide) groups is 1. The van der Waals surface area contributed by atoms with Gasteiger partial charge < -0.3 is 5.32 Å². The molecular weight excluding hydrogens is 369 g/mol. The minimum atomic E-state index is -4.27. The van der Waals surface area contributed by atoms with Crippen molar-refractivity contribution in [2.75, 3.05) is 11.1 Å². The SMILES string of the molecule is Cc1nc(C(C)(C)C)sc1C(=O)Nc1ccccc1SCC(F)(F)F. The number of anilines is 1. The summed E-state index contributed by atoms with van der Waals surface area (Å²) in [5.41, 5.74) is 0.814. The standard InChI is InChI=1S/C17H19F3N2OS2/c1-10-13(25-15(21-10)16(2,3)4)14(23)22-11-7-5-6-8-12(11)24-9-17(18,19)20/h5-8H,9H2,1-4H3,(H,22,23). The van der Waals surface area contributed by atoms with Gasteiger partial charge in [0.05, 0.1) is 22.1 Å². The van der Waals surface area contributed by atoms with Gasteiger partial charge in [0, 0.05) is 10.3 Å². The number of carbonyl (C=O) groups is 1. The zero-order chi connectivity index (χ0) is 18.8. The first-order chi connectivity index (χ1) is 11.5. The molecule has 8 heteroatoms. The van der Waals surface area contributed by atoms with Crippen LogP contribution in [-0.2, 0) is 5.41 Å². The smallest absolute Gasteiger partial charge is 0.320 e. The molecule has 1 heterocycles. The minimum Gasteiger partial charge on any atom is -0.320 e. The van der Waals surface area contributed by atoms with Crippen LogP contribution in [0.4, 0.5) is 18.9 Å². The van der Waals surface area contributed by atoms with Gasteiger partial charge >= 0.3 is 6.18 Å². The van der Waals surface area contributed by atoms with Crippen LogP contribution in [0.15, 0.2) is 29.2 Å². The molecule has 0 fully saturated rings. The average Bonchev–Trinajstić information content (AvgIpc) is 2.88. The van der Waals surface area contributed by atoms with E-state index in [2.05, 4.69) is 10.3 Å². The molecule has 25 heavy (non-hydrogen) atoms. The highest BCUT2D eigenvalue weighted by molar-refractivity contribution is 7.99. The summed E-state index contributed by atoms with van der Waals surface area (Å²) < 4.78 is 37.4. The molecule has 3 nitrogen and oxygen atoms in total. The van der Waals surface area contributed by atoms with Gasteiger partial charge in [-0.25, -0.2) is 4.98 Å². The molecule has 1 aromatic heterocycles. The fourth-order valence-electron chi connectivity index (χ4n) is 1.96. The Morgan fingerprint density at radius 1 is 1.24 bits per heavy atom. The first kappa shape index (κ1) is 19.8. The summed E-state index contributed by atoms with van der Waals surface area (Å²) in [6, 6.07) is 6.47. The van der Waals surface area contributed by atoms with Gasteiger partial charge in [-0.05, 0) is 19.1 Å². The number of thiazole rings is 1. The van der Waals surface area contributed by atoms with E-state index in [-0.39, 0.29) is 11.3 Å². The van der Waals surface area contributed by atoms with E-state index in [9.17, 15) is 18.0 Å². The number of nitrogens with zero attached hydrogens (tertiary/aromatic N) is 1. The normalized spacial score (nSPS) is 12.3. The number of aromatic nitrogens is 1. The van der Waals surface area contributed by atoms with Crippen molar-refractivity contribution in [3.63, 3.8) is 0 Å². The molecule has 1 aromatic carbocycles. The Bertz CT molecular complexity index is 764. The molecule has 0 unspecified atom stereocenters. The summed E-state index contributed by atoms with van der Waals surface area (Å²) in [5, 5.41) is 3.55. The molecular formula is C17H19F3N2OS2. The Labute approximate surface area is 153 Å². The largest absolute Gasteiger partial charge is 0.398 e. The molecule has 0 saturated heterocycles. The maximum atomic E-state index is 12.6. The number of aryl methyl sites for hydroxylation is 1. The summed E-state index contributed by atoms with van der Waals surface area (Å²) in [4.78, 5) is 17.8. The molecule has 1 N–H and O–H groups in total. The van der Waals surface area contributed by atoms with Crippen molar-refractivity contribution >= 4 is 34.7 Å². The zero-order valence-electron chi connectivity index (χ0n) is 14.3. The third-order valence-electron chi connectivity index (χ3n) is 3.17. The number of para-hydroxylation sites is 1. The van der Waals surface area contributed by atoms with Crippen molar-refractivity contribution in [3.05, 3.63) is 39.8 Å². The van der Waals surface area contributed by atoms with Gasteiger partial charge in [0.25, 0.3) is 5.91 Å². The van der Waals surface area contributed by atoms with Crippen molar-refractivity contribution in [3.8, 4) is 0 Å². The van der Waals surface area contributed by atoms with E-state index in [1.54, 1.807) is 31.2 Å². The minimum absolute atomic E-state index is 0.172. The fraction of sp³-hybridized carbons (Fsp3) is 0.412. The van der Waals surface area contributed by atoms with Crippen LogP contribution in [0.25, 0.3) is 0 Å². The van der Waals surface area contributed by atoms with Gasteiger partial charge in [0.15, 0.2) is 0 Å². The number of benzene rings is 1. The lowest BCUT2D eigenvalue weighted by Gasteiger charge is -2.13. The number of halogens is 3. The number of alkyl halides is 3. The fourth-order valence-corrected chi connectivity index (χ4v) is 3.75. The molecule has 2 aromatic rings. The molecule has 0 radical (unpaired) electrons. The summed E-state index contributed by atoms with van der Waals surface area (Å²) in [7, 11) is 0. The molecule has 0 spiro atoms. The van der Waals surface area contributed by atoms with Gasteiger partial charge in [-0.2, -0.15) is 13.2 Å². The highest BCUT2D eigenvalue weighted by Gasteiger charge is 2.28.